The molecule has 8 heteroatoms. The van der Waals surface area contributed by atoms with Crippen LogP contribution in [0.2, 0.25) is 0 Å². The Morgan fingerprint density at radius 1 is 1.11 bits per heavy atom. The van der Waals surface area contributed by atoms with E-state index in [1.807, 2.05) is 13.0 Å². The maximum atomic E-state index is 12.9. The number of imide groups is 2. The third-order valence-corrected chi connectivity index (χ3v) is 4.84. The molecule has 27 heavy (non-hydrogen) atoms. The smallest absolute Gasteiger partial charge is 0.335 e. The third-order valence-electron chi connectivity index (χ3n) is 4.15. The van der Waals surface area contributed by atoms with E-state index in [0.29, 0.717) is 27.2 Å². The first-order chi connectivity index (χ1) is 12.9. The van der Waals surface area contributed by atoms with Gasteiger partial charge < -0.3 is 9.47 Å². The van der Waals surface area contributed by atoms with E-state index in [2.05, 4.69) is 21.2 Å². The van der Waals surface area contributed by atoms with Crippen LogP contribution in [0.1, 0.15) is 11.1 Å². The second-order valence-corrected chi connectivity index (χ2v) is 6.88. The van der Waals surface area contributed by atoms with Crippen LogP contribution in [0, 0.1) is 6.92 Å². The van der Waals surface area contributed by atoms with E-state index in [9.17, 15) is 14.4 Å². The highest BCUT2D eigenvalue weighted by atomic mass is 79.9. The van der Waals surface area contributed by atoms with E-state index in [4.69, 9.17) is 9.47 Å². The number of carbonyl (C=O) groups is 3. The molecule has 2 heterocycles. The molecule has 0 aromatic heterocycles. The molecule has 2 aromatic rings. The lowest BCUT2D eigenvalue weighted by atomic mass is 10.1. The second kappa shape index (κ2) is 6.55. The summed E-state index contributed by atoms with van der Waals surface area (Å²) in [6.45, 7) is 1.96. The van der Waals surface area contributed by atoms with Gasteiger partial charge in [0.1, 0.15) is 5.57 Å². The minimum atomic E-state index is -0.780. The van der Waals surface area contributed by atoms with Crippen LogP contribution >= 0.6 is 15.9 Å². The van der Waals surface area contributed by atoms with Gasteiger partial charge in [-0.3, -0.25) is 14.9 Å². The number of rotatable bonds is 2. The van der Waals surface area contributed by atoms with Crippen LogP contribution in [0.3, 0.4) is 0 Å². The van der Waals surface area contributed by atoms with Gasteiger partial charge >= 0.3 is 6.03 Å². The van der Waals surface area contributed by atoms with Crippen LogP contribution in [0.4, 0.5) is 10.5 Å². The minimum Gasteiger partial charge on any atom is -0.454 e. The number of hydrogen-bond acceptors (Lipinski definition) is 5. The van der Waals surface area contributed by atoms with Crippen molar-refractivity contribution in [3.63, 3.8) is 0 Å². The molecule has 1 saturated heterocycles. The van der Waals surface area contributed by atoms with Crippen LogP contribution in [-0.4, -0.2) is 24.6 Å². The van der Waals surface area contributed by atoms with E-state index < -0.39 is 17.8 Å². The van der Waals surface area contributed by atoms with E-state index in [0.717, 1.165) is 10.5 Å². The molecular formula is C19H13BrN2O5. The number of urea groups is 1. The average molecular weight is 429 g/mol. The Kier molecular flexibility index (Phi) is 4.19. The van der Waals surface area contributed by atoms with Crippen molar-refractivity contribution in [3.8, 4) is 11.5 Å². The zero-order valence-corrected chi connectivity index (χ0v) is 15.7. The maximum absolute atomic E-state index is 12.9. The highest BCUT2D eigenvalue weighted by molar-refractivity contribution is 9.10. The van der Waals surface area contributed by atoms with E-state index in [1.165, 1.54) is 6.08 Å². The number of benzene rings is 2. The Balaban J connectivity index is 1.76. The van der Waals surface area contributed by atoms with Gasteiger partial charge in [0, 0.05) is 4.47 Å². The number of hydrogen-bond donors (Lipinski definition) is 1. The molecule has 0 aliphatic carbocycles. The lowest BCUT2D eigenvalue weighted by molar-refractivity contribution is -0.122. The fourth-order valence-electron chi connectivity index (χ4n) is 2.86. The van der Waals surface area contributed by atoms with Crippen LogP contribution in [0.5, 0.6) is 11.5 Å². The Labute approximate surface area is 162 Å². The van der Waals surface area contributed by atoms with Crippen molar-refractivity contribution < 1.29 is 23.9 Å². The fraction of sp³-hybridized carbons (Fsp3) is 0.105. The average Bonchev–Trinajstić information content (AvgIpc) is 3.05. The molecule has 2 aliphatic rings. The zero-order chi connectivity index (χ0) is 19.1. The molecule has 7 nitrogen and oxygen atoms in total. The van der Waals surface area contributed by atoms with Gasteiger partial charge in [0.25, 0.3) is 11.8 Å². The van der Waals surface area contributed by atoms with E-state index in [1.54, 1.807) is 30.3 Å². The number of ether oxygens (including phenoxy) is 2. The van der Waals surface area contributed by atoms with Crippen molar-refractivity contribution in [2.45, 2.75) is 6.92 Å². The molecule has 4 rings (SSSR count). The SMILES string of the molecule is Cc1cccc(N2C(=O)NC(=O)C(=Cc3cc4c(cc3Br)OCO4)C2=O)c1. The standard InChI is InChI=1S/C19H13BrN2O5/c1-10-3-2-4-12(5-10)22-18(24)13(17(23)21-19(22)25)6-11-7-15-16(8-14(11)20)27-9-26-15/h2-8H,9H2,1H3,(H,21,23,25). The van der Waals surface area contributed by atoms with Crippen LogP contribution in [0.15, 0.2) is 46.4 Å². The Hall–Kier alpha value is -3.13. The number of carbonyl (C=O) groups excluding carboxylic acids is 3. The predicted octanol–water partition coefficient (Wildman–Crippen LogP) is 3.15. The number of fused-ring (bicyclic) bond motifs is 1. The van der Waals surface area contributed by atoms with Crippen LogP contribution in [0.25, 0.3) is 6.08 Å². The normalized spacial score (nSPS) is 17.5. The summed E-state index contributed by atoms with van der Waals surface area (Å²) in [7, 11) is 0. The van der Waals surface area contributed by atoms with E-state index in [-0.39, 0.29) is 12.4 Å². The second-order valence-electron chi connectivity index (χ2n) is 6.02. The summed E-state index contributed by atoms with van der Waals surface area (Å²) in [4.78, 5) is 38.4. The van der Waals surface area contributed by atoms with Crippen molar-refractivity contribution >= 4 is 45.5 Å². The molecule has 1 N–H and O–H groups in total. The molecule has 1 fully saturated rings. The van der Waals surface area contributed by atoms with Gasteiger partial charge in [-0.15, -0.1) is 0 Å². The minimum absolute atomic E-state index is 0.108. The maximum Gasteiger partial charge on any atom is 0.335 e. The summed E-state index contributed by atoms with van der Waals surface area (Å²) >= 11 is 3.39. The Bertz CT molecular complexity index is 1030. The molecule has 0 unspecified atom stereocenters. The molecule has 2 aliphatic heterocycles. The zero-order valence-electron chi connectivity index (χ0n) is 14.1. The summed E-state index contributed by atoms with van der Waals surface area (Å²) in [6.07, 6.45) is 1.42. The fourth-order valence-corrected chi connectivity index (χ4v) is 3.29. The molecule has 0 bridgehead atoms. The van der Waals surface area contributed by atoms with Gasteiger partial charge in [-0.05, 0) is 48.4 Å². The van der Waals surface area contributed by atoms with Crippen molar-refractivity contribution in [2.75, 3.05) is 11.7 Å². The van der Waals surface area contributed by atoms with E-state index >= 15 is 0 Å². The quantitative estimate of drug-likeness (QED) is 0.586. The van der Waals surface area contributed by atoms with Crippen molar-refractivity contribution in [1.82, 2.24) is 5.32 Å². The third kappa shape index (κ3) is 3.08. The van der Waals surface area contributed by atoms with Gasteiger partial charge in [-0.1, -0.05) is 28.1 Å². The molecule has 2 aromatic carbocycles. The highest BCUT2D eigenvalue weighted by Crippen LogP contribution is 2.38. The first-order valence-electron chi connectivity index (χ1n) is 8.01. The topological polar surface area (TPSA) is 84.9 Å². The van der Waals surface area contributed by atoms with Crippen LogP contribution in [-0.2, 0) is 9.59 Å². The van der Waals surface area contributed by atoms with Crippen LogP contribution < -0.4 is 19.7 Å². The monoisotopic (exact) mass is 428 g/mol. The molecule has 136 valence electrons. The molecule has 0 saturated carbocycles. The number of anilines is 1. The summed E-state index contributed by atoms with van der Waals surface area (Å²) in [5.41, 5.74) is 1.67. The Morgan fingerprint density at radius 2 is 1.85 bits per heavy atom. The lowest BCUT2D eigenvalue weighted by Crippen LogP contribution is -2.54. The lowest BCUT2D eigenvalue weighted by Gasteiger charge is -2.26. The number of aryl methyl sites for hydroxylation is 1. The Morgan fingerprint density at radius 3 is 2.59 bits per heavy atom. The van der Waals surface area contributed by atoms with Crippen molar-refractivity contribution in [3.05, 3.63) is 57.6 Å². The predicted molar refractivity (Wildman–Crippen MR) is 100 cm³/mol. The summed E-state index contributed by atoms with van der Waals surface area (Å²) in [5.74, 6) is -0.363. The van der Waals surface area contributed by atoms with Gasteiger partial charge in [0.15, 0.2) is 11.5 Å². The summed E-state index contributed by atoms with van der Waals surface area (Å²) in [6, 6.07) is 9.49. The number of halogens is 1. The van der Waals surface area contributed by atoms with Gasteiger partial charge in [-0.2, -0.15) is 0 Å². The molecule has 0 radical (unpaired) electrons. The molecule has 0 atom stereocenters. The van der Waals surface area contributed by atoms with Gasteiger partial charge in [0.05, 0.1) is 5.69 Å². The summed E-state index contributed by atoms with van der Waals surface area (Å²) in [5, 5.41) is 2.21. The number of amides is 4. The number of barbiturate groups is 1. The van der Waals surface area contributed by atoms with Gasteiger partial charge in [-0.25, -0.2) is 9.69 Å². The number of nitrogens with one attached hydrogen (secondary N) is 1. The largest absolute Gasteiger partial charge is 0.454 e. The summed E-state index contributed by atoms with van der Waals surface area (Å²) < 4.78 is 11.3. The van der Waals surface area contributed by atoms with Crippen molar-refractivity contribution in [2.24, 2.45) is 0 Å². The first kappa shape index (κ1) is 17.3. The number of nitrogens with zero attached hydrogens (tertiary/aromatic N) is 1. The molecular weight excluding hydrogens is 416 g/mol. The van der Waals surface area contributed by atoms with Gasteiger partial charge in [0.2, 0.25) is 6.79 Å². The first-order valence-corrected chi connectivity index (χ1v) is 8.80. The molecule has 0 spiro atoms. The van der Waals surface area contributed by atoms with Crippen molar-refractivity contribution in [1.29, 1.82) is 0 Å². The highest BCUT2D eigenvalue weighted by Gasteiger charge is 2.37. The molecule has 4 amide bonds.